The molecular formula is C25H27ClN6O. The van der Waals surface area contributed by atoms with Crippen LogP contribution in [0.2, 0.25) is 5.02 Å². The van der Waals surface area contributed by atoms with Gasteiger partial charge in [0.25, 0.3) is 5.91 Å². The van der Waals surface area contributed by atoms with Gasteiger partial charge in [-0.05, 0) is 92.7 Å². The van der Waals surface area contributed by atoms with Crippen LogP contribution in [-0.4, -0.2) is 23.0 Å². The Labute approximate surface area is 198 Å². The summed E-state index contributed by atoms with van der Waals surface area (Å²) in [7, 11) is 0. The second-order valence-corrected chi connectivity index (χ2v) is 10.2. The normalized spacial score (nSPS) is 28.6. The fraction of sp³-hybridized carbons (Fsp3) is 0.440. The highest BCUT2D eigenvalue weighted by molar-refractivity contribution is 6.30. The molecule has 3 N–H and O–H groups in total. The van der Waals surface area contributed by atoms with Crippen molar-refractivity contribution in [3.05, 3.63) is 59.4 Å². The summed E-state index contributed by atoms with van der Waals surface area (Å²) in [6, 6.07) is 10.5. The second-order valence-electron chi connectivity index (χ2n) is 9.74. The first-order chi connectivity index (χ1) is 16.0. The number of carbonyl (C=O) groups is 1. The summed E-state index contributed by atoms with van der Waals surface area (Å²) in [6.45, 7) is 0. The number of nitrogens with zero attached hydrogens (tertiary/aromatic N) is 3. The van der Waals surface area contributed by atoms with Gasteiger partial charge in [-0.15, -0.1) is 0 Å². The van der Waals surface area contributed by atoms with Crippen LogP contribution in [0.5, 0.6) is 0 Å². The highest BCUT2D eigenvalue weighted by Gasteiger charge is 2.55. The molecule has 4 bridgehead atoms. The predicted octanol–water partition coefficient (Wildman–Crippen LogP) is 4.55. The third-order valence-corrected chi connectivity index (χ3v) is 7.65. The number of nitriles is 1. The van der Waals surface area contributed by atoms with Gasteiger partial charge in [0.15, 0.2) is 6.19 Å². The molecule has 0 radical (unpaired) electrons. The minimum atomic E-state index is -0.450. The van der Waals surface area contributed by atoms with Crippen molar-refractivity contribution in [1.82, 2.24) is 15.6 Å². The molecule has 0 spiro atoms. The van der Waals surface area contributed by atoms with Crippen molar-refractivity contribution in [3.63, 3.8) is 0 Å². The van der Waals surface area contributed by atoms with E-state index in [0.29, 0.717) is 40.0 Å². The number of carbonyl (C=O) groups excluding carboxylic acids is 1. The molecule has 1 aromatic carbocycles. The fourth-order valence-electron chi connectivity index (χ4n) is 6.49. The number of hydrogen-bond donors (Lipinski definition) is 3. The summed E-state index contributed by atoms with van der Waals surface area (Å²) in [5.41, 5.74) is 1.15. The molecule has 8 heteroatoms. The zero-order chi connectivity index (χ0) is 22.8. The highest BCUT2D eigenvalue weighted by atomic mass is 35.5. The summed E-state index contributed by atoms with van der Waals surface area (Å²) in [4.78, 5) is 22.3. The van der Waals surface area contributed by atoms with Crippen LogP contribution in [0.1, 0.15) is 48.9 Å². The number of pyridine rings is 1. The van der Waals surface area contributed by atoms with Gasteiger partial charge in [0, 0.05) is 22.2 Å². The Morgan fingerprint density at radius 2 is 1.79 bits per heavy atom. The number of aromatic nitrogens is 1. The molecule has 1 amide bonds. The van der Waals surface area contributed by atoms with Crippen LogP contribution in [0.15, 0.2) is 53.8 Å². The zero-order valence-electron chi connectivity index (χ0n) is 18.3. The maximum Gasteiger partial charge on any atom is 0.252 e. The summed E-state index contributed by atoms with van der Waals surface area (Å²) < 4.78 is 0. The Morgan fingerprint density at radius 3 is 2.36 bits per heavy atom. The molecule has 170 valence electrons. The summed E-state index contributed by atoms with van der Waals surface area (Å²) >= 11 is 6.01. The van der Waals surface area contributed by atoms with Gasteiger partial charge in [0.05, 0.1) is 11.9 Å². The monoisotopic (exact) mass is 462 g/mol. The van der Waals surface area contributed by atoms with E-state index in [1.54, 1.807) is 36.7 Å². The quantitative estimate of drug-likeness (QED) is 0.262. The van der Waals surface area contributed by atoms with Crippen LogP contribution in [0.25, 0.3) is 0 Å². The molecular weight excluding hydrogens is 436 g/mol. The Kier molecular flexibility index (Phi) is 5.94. The first-order valence-electron chi connectivity index (χ1n) is 11.5. The van der Waals surface area contributed by atoms with Gasteiger partial charge in [-0.1, -0.05) is 11.6 Å². The molecule has 4 saturated carbocycles. The molecule has 7 nitrogen and oxygen atoms in total. The number of halogens is 1. The van der Waals surface area contributed by atoms with E-state index < -0.39 is 6.17 Å². The van der Waals surface area contributed by atoms with Crippen LogP contribution < -0.4 is 16.0 Å². The number of anilines is 1. The Balaban J connectivity index is 1.47. The van der Waals surface area contributed by atoms with E-state index in [0.717, 1.165) is 19.3 Å². The number of guanidine groups is 1. The Bertz CT molecular complexity index is 1040. The number of amides is 1. The number of hydrogen-bond acceptors (Lipinski definition) is 4. The summed E-state index contributed by atoms with van der Waals surface area (Å²) in [5, 5.41) is 19.0. The maximum atomic E-state index is 13.2. The second kappa shape index (κ2) is 9.03. The van der Waals surface area contributed by atoms with Crippen molar-refractivity contribution in [3.8, 4) is 6.19 Å². The lowest BCUT2D eigenvalue weighted by molar-refractivity contribution is -0.0705. The van der Waals surface area contributed by atoms with E-state index in [-0.39, 0.29) is 11.3 Å². The van der Waals surface area contributed by atoms with Crippen LogP contribution in [-0.2, 0) is 0 Å². The Morgan fingerprint density at radius 1 is 1.12 bits per heavy atom. The van der Waals surface area contributed by atoms with Gasteiger partial charge in [-0.2, -0.15) is 5.26 Å². The molecule has 1 aromatic heterocycles. The lowest BCUT2D eigenvalue weighted by atomic mass is 9.48. The Hall–Kier alpha value is -3.11. The van der Waals surface area contributed by atoms with Gasteiger partial charge < -0.3 is 10.6 Å². The maximum absolute atomic E-state index is 13.2. The van der Waals surface area contributed by atoms with Crippen molar-refractivity contribution in [2.75, 3.05) is 5.32 Å². The minimum absolute atomic E-state index is 0.101. The van der Waals surface area contributed by atoms with E-state index in [1.807, 2.05) is 18.3 Å². The molecule has 1 unspecified atom stereocenters. The van der Waals surface area contributed by atoms with Gasteiger partial charge in [-0.3, -0.25) is 15.1 Å². The van der Waals surface area contributed by atoms with Gasteiger partial charge in [0.1, 0.15) is 6.17 Å². The predicted molar refractivity (Wildman–Crippen MR) is 127 cm³/mol. The lowest BCUT2D eigenvalue weighted by Crippen LogP contribution is -2.57. The van der Waals surface area contributed by atoms with Gasteiger partial charge in [0.2, 0.25) is 5.96 Å². The van der Waals surface area contributed by atoms with Crippen LogP contribution >= 0.6 is 11.6 Å². The lowest BCUT2D eigenvalue weighted by Gasteiger charge is -2.58. The molecule has 2 aromatic rings. The van der Waals surface area contributed by atoms with E-state index in [1.165, 1.54) is 19.3 Å². The van der Waals surface area contributed by atoms with Crippen molar-refractivity contribution in [2.24, 2.45) is 28.2 Å². The van der Waals surface area contributed by atoms with Crippen molar-refractivity contribution < 1.29 is 4.79 Å². The smallest absolute Gasteiger partial charge is 0.252 e. The SMILES string of the molecule is N#CNC(=NC(NC(=O)c1ccc(Cl)cc1)C12CC3CC(CC(C3)C1)C2)Nc1cccnc1. The van der Waals surface area contributed by atoms with Gasteiger partial charge in [-0.25, -0.2) is 4.99 Å². The van der Waals surface area contributed by atoms with E-state index in [9.17, 15) is 10.1 Å². The first-order valence-corrected chi connectivity index (χ1v) is 11.9. The molecule has 1 heterocycles. The van der Waals surface area contributed by atoms with E-state index in [2.05, 4.69) is 20.9 Å². The largest absolute Gasteiger partial charge is 0.330 e. The third kappa shape index (κ3) is 4.67. The zero-order valence-corrected chi connectivity index (χ0v) is 19.1. The first kappa shape index (κ1) is 21.7. The van der Waals surface area contributed by atoms with Crippen LogP contribution in [0.4, 0.5) is 5.69 Å². The number of rotatable bonds is 5. The average Bonchev–Trinajstić information content (AvgIpc) is 2.79. The molecule has 0 saturated heterocycles. The van der Waals surface area contributed by atoms with Crippen molar-refractivity contribution in [1.29, 1.82) is 5.26 Å². The average molecular weight is 463 g/mol. The van der Waals surface area contributed by atoms with Crippen molar-refractivity contribution in [2.45, 2.75) is 44.7 Å². The summed E-state index contributed by atoms with van der Waals surface area (Å²) in [5.74, 6) is 2.21. The fourth-order valence-corrected chi connectivity index (χ4v) is 6.62. The molecule has 4 fully saturated rings. The van der Waals surface area contributed by atoms with E-state index in [4.69, 9.17) is 16.6 Å². The molecule has 0 aliphatic heterocycles. The standard InChI is InChI=1S/C25H27ClN6O/c26-20-5-3-19(4-6-20)22(33)31-23(25-11-16-8-17(12-25)10-18(9-16)13-25)32-24(29-15-27)30-21-2-1-7-28-14-21/h1-7,14,16-18,23H,8-13H2,(H,31,33)(H2,29,30,32). The molecule has 1 atom stereocenters. The molecule has 33 heavy (non-hydrogen) atoms. The number of aliphatic imine (C=N–C) groups is 1. The highest BCUT2D eigenvalue weighted by Crippen LogP contribution is 2.61. The van der Waals surface area contributed by atoms with Crippen LogP contribution in [0.3, 0.4) is 0 Å². The molecule has 4 aliphatic carbocycles. The number of nitrogens with one attached hydrogen (secondary N) is 3. The van der Waals surface area contributed by atoms with Gasteiger partial charge >= 0.3 is 0 Å². The topological polar surface area (TPSA) is 102 Å². The molecule has 6 rings (SSSR count). The van der Waals surface area contributed by atoms with Crippen LogP contribution in [0, 0.1) is 34.6 Å². The third-order valence-electron chi connectivity index (χ3n) is 7.40. The minimum Gasteiger partial charge on any atom is -0.330 e. The van der Waals surface area contributed by atoms with E-state index >= 15 is 0 Å². The molecule has 4 aliphatic rings. The summed E-state index contributed by atoms with van der Waals surface area (Å²) in [6.07, 6.45) is 11.9. The van der Waals surface area contributed by atoms with Crippen molar-refractivity contribution >= 4 is 29.2 Å². The number of benzene rings is 1.